The number of ether oxygens (including phenoxy) is 1. The van der Waals surface area contributed by atoms with Crippen molar-refractivity contribution in [3.05, 3.63) is 80.9 Å². The zero-order valence-corrected chi connectivity index (χ0v) is 17.6. The van der Waals surface area contributed by atoms with Crippen LogP contribution in [-0.4, -0.2) is 36.5 Å². The van der Waals surface area contributed by atoms with E-state index in [1.165, 1.54) is 29.1 Å². The molecule has 11 heteroatoms. The van der Waals surface area contributed by atoms with Gasteiger partial charge >= 0.3 is 0 Å². The monoisotopic (exact) mass is 444 g/mol. The summed E-state index contributed by atoms with van der Waals surface area (Å²) in [7, 11) is -2.43. The van der Waals surface area contributed by atoms with Gasteiger partial charge in [-0.15, -0.1) is 0 Å². The van der Waals surface area contributed by atoms with Gasteiger partial charge in [-0.1, -0.05) is 6.07 Å². The van der Waals surface area contributed by atoms with Crippen molar-refractivity contribution in [1.29, 1.82) is 0 Å². The minimum atomic E-state index is -3.99. The van der Waals surface area contributed by atoms with Gasteiger partial charge in [-0.05, 0) is 36.8 Å². The van der Waals surface area contributed by atoms with Crippen molar-refractivity contribution < 1.29 is 18.1 Å². The van der Waals surface area contributed by atoms with Crippen LogP contribution in [0.4, 0.5) is 5.69 Å². The minimum Gasteiger partial charge on any atom is -0.497 e. The minimum absolute atomic E-state index is 0.0436. The first-order valence-electron chi connectivity index (χ1n) is 9.17. The summed E-state index contributed by atoms with van der Waals surface area (Å²) in [5.74, 6) is 0.684. The molecule has 0 spiro atoms. The predicted octanol–water partition coefficient (Wildman–Crippen LogP) is 2.11. The largest absolute Gasteiger partial charge is 0.497 e. The van der Waals surface area contributed by atoms with Crippen LogP contribution < -0.4 is 15.0 Å². The number of nitrogens with zero attached hydrogens (tertiary/aromatic N) is 3. The highest BCUT2D eigenvalue weighted by atomic mass is 32.2. The van der Waals surface area contributed by atoms with Gasteiger partial charge in [0.15, 0.2) is 0 Å². The first kappa shape index (κ1) is 22.1. The van der Waals surface area contributed by atoms with Crippen LogP contribution in [0.1, 0.15) is 5.56 Å². The van der Waals surface area contributed by atoms with E-state index in [4.69, 9.17) is 4.74 Å². The molecule has 10 nitrogen and oxygen atoms in total. The molecule has 31 heavy (non-hydrogen) atoms. The van der Waals surface area contributed by atoms with E-state index in [-0.39, 0.29) is 29.2 Å². The molecule has 0 bridgehead atoms. The number of non-ortho nitro benzene ring substituents is 1. The normalized spacial score (nSPS) is 11.3. The van der Waals surface area contributed by atoms with Crippen LogP contribution >= 0.6 is 0 Å². The standard InChI is InChI=1S/C20H20N4O6S/c1-14-3-6-16(24(26)27)11-19(14)31(28,29)22-9-10-23-13-21-18(12-20(23)25)15-4-7-17(30-2)8-5-15/h3-8,11-13,22H,9-10H2,1-2H3. The van der Waals surface area contributed by atoms with Gasteiger partial charge in [-0.25, -0.2) is 18.1 Å². The van der Waals surface area contributed by atoms with Crippen LogP contribution in [0, 0.1) is 17.0 Å². The number of hydrogen-bond acceptors (Lipinski definition) is 7. The van der Waals surface area contributed by atoms with E-state index in [9.17, 15) is 23.3 Å². The molecule has 2 aromatic carbocycles. The maximum atomic E-state index is 12.5. The summed E-state index contributed by atoms with van der Waals surface area (Å²) in [5, 5.41) is 10.9. The average Bonchev–Trinajstić information content (AvgIpc) is 2.75. The lowest BCUT2D eigenvalue weighted by molar-refractivity contribution is -0.385. The first-order chi connectivity index (χ1) is 14.7. The number of nitro groups is 1. The molecule has 3 aromatic rings. The zero-order chi connectivity index (χ0) is 22.6. The Morgan fingerprint density at radius 1 is 1.16 bits per heavy atom. The van der Waals surface area contributed by atoms with E-state index >= 15 is 0 Å². The molecule has 0 radical (unpaired) electrons. The summed E-state index contributed by atoms with van der Waals surface area (Å²) in [6.07, 6.45) is 1.34. The van der Waals surface area contributed by atoms with Gasteiger partial charge in [-0.3, -0.25) is 19.5 Å². The van der Waals surface area contributed by atoms with Gasteiger partial charge in [0.05, 0.1) is 28.9 Å². The Balaban J connectivity index is 1.71. The number of aryl methyl sites for hydroxylation is 1. The molecule has 3 rings (SSSR count). The van der Waals surface area contributed by atoms with Crippen molar-refractivity contribution >= 4 is 15.7 Å². The molecule has 1 aromatic heterocycles. The van der Waals surface area contributed by atoms with Crippen LogP contribution in [0.5, 0.6) is 5.75 Å². The number of rotatable bonds is 8. The third kappa shape index (κ3) is 5.13. The van der Waals surface area contributed by atoms with Crippen molar-refractivity contribution in [2.24, 2.45) is 0 Å². The van der Waals surface area contributed by atoms with Gasteiger partial charge in [0.25, 0.3) is 11.2 Å². The van der Waals surface area contributed by atoms with Crippen molar-refractivity contribution in [3.63, 3.8) is 0 Å². The second kappa shape index (κ2) is 9.06. The zero-order valence-electron chi connectivity index (χ0n) is 16.8. The Kier molecular flexibility index (Phi) is 6.47. The summed E-state index contributed by atoms with van der Waals surface area (Å²) in [4.78, 5) is 26.7. The molecule has 0 aliphatic carbocycles. The molecular weight excluding hydrogens is 424 g/mol. The van der Waals surface area contributed by atoms with Crippen LogP contribution in [0.25, 0.3) is 11.3 Å². The second-order valence-corrected chi connectivity index (χ2v) is 8.37. The van der Waals surface area contributed by atoms with E-state index in [0.717, 1.165) is 11.6 Å². The number of nitrogens with one attached hydrogen (secondary N) is 1. The Morgan fingerprint density at radius 3 is 2.48 bits per heavy atom. The summed E-state index contributed by atoms with van der Waals surface area (Å²) in [6, 6.07) is 12.1. The van der Waals surface area contributed by atoms with Gasteiger partial charge in [0, 0.05) is 36.9 Å². The van der Waals surface area contributed by atoms with Crippen LogP contribution in [0.3, 0.4) is 0 Å². The quantitative estimate of drug-likeness (QED) is 0.415. The lowest BCUT2D eigenvalue weighted by atomic mass is 10.1. The first-order valence-corrected chi connectivity index (χ1v) is 10.7. The topological polar surface area (TPSA) is 133 Å². The van der Waals surface area contributed by atoms with E-state index in [0.29, 0.717) is 17.0 Å². The number of methoxy groups -OCH3 is 1. The predicted molar refractivity (Wildman–Crippen MR) is 114 cm³/mol. The highest BCUT2D eigenvalue weighted by Crippen LogP contribution is 2.21. The molecular formula is C20H20N4O6S. The Bertz CT molecular complexity index is 1270. The number of aromatic nitrogens is 2. The van der Waals surface area contributed by atoms with Crippen LogP contribution in [0.2, 0.25) is 0 Å². The molecule has 0 saturated heterocycles. The molecule has 0 amide bonds. The lowest BCUT2D eigenvalue weighted by Gasteiger charge is -2.10. The van der Waals surface area contributed by atoms with Gasteiger partial charge in [-0.2, -0.15) is 0 Å². The maximum absolute atomic E-state index is 12.5. The Morgan fingerprint density at radius 2 is 1.87 bits per heavy atom. The van der Waals surface area contributed by atoms with Gasteiger partial charge in [0.2, 0.25) is 10.0 Å². The Labute approximate surface area is 178 Å². The second-order valence-electron chi connectivity index (χ2n) is 6.64. The lowest BCUT2D eigenvalue weighted by Crippen LogP contribution is -2.31. The number of sulfonamides is 1. The van der Waals surface area contributed by atoms with E-state index < -0.39 is 14.9 Å². The molecule has 0 aliphatic rings. The van der Waals surface area contributed by atoms with Crippen LogP contribution in [0.15, 0.2) is 64.5 Å². The smallest absolute Gasteiger partial charge is 0.270 e. The Hall–Kier alpha value is -3.57. The fourth-order valence-corrected chi connectivity index (χ4v) is 4.17. The average molecular weight is 444 g/mol. The number of nitro benzene ring substituents is 1. The highest BCUT2D eigenvalue weighted by Gasteiger charge is 2.20. The summed E-state index contributed by atoms with van der Waals surface area (Å²) in [6.45, 7) is 1.50. The summed E-state index contributed by atoms with van der Waals surface area (Å²) in [5.41, 5.74) is 0.941. The number of benzene rings is 2. The fourth-order valence-electron chi connectivity index (χ4n) is 2.88. The SMILES string of the molecule is COc1ccc(-c2cc(=O)n(CCNS(=O)(=O)c3cc([N+](=O)[O-])ccc3C)cn2)cc1. The van der Waals surface area contributed by atoms with E-state index in [1.807, 2.05) is 0 Å². The van der Waals surface area contributed by atoms with Crippen molar-refractivity contribution in [3.8, 4) is 17.0 Å². The summed E-state index contributed by atoms with van der Waals surface area (Å²) < 4.78 is 33.8. The molecule has 1 heterocycles. The van der Waals surface area contributed by atoms with Crippen LogP contribution in [-0.2, 0) is 16.6 Å². The van der Waals surface area contributed by atoms with E-state index in [1.54, 1.807) is 38.3 Å². The third-order valence-corrected chi connectivity index (χ3v) is 6.19. The third-order valence-electron chi connectivity index (χ3n) is 4.58. The fraction of sp³-hybridized carbons (Fsp3) is 0.200. The molecule has 0 atom stereocenters. The summed E-state index contributed by atoms with van der Waals surface area (Å²) >= 11 is 0. The molecule has 1 N–H and O–H groups in total. The molecule has 0 aliphatic heterocycles. The number of hydrogen-bond donors (Lipinski definition) is 1. The molecule has 162 valence electrons. The van der Waals surface area contributed by atoms with Gasteiger partial charge < -0.3 is 4.74 Å². The maximum Gasteiger partial charge on any atom is 0.270 e. The van der Waals surface area contributed by atoms with Gasteiger partial charge in [0.1, 0.15) is 5.75 Å². The van der Waals surface area contributed by atoms with E-state index in [2.05, 4.69) is 9.71 Å². The molecule has 0 unspecified atom stereocenters. The molecule has 0 saturated carbocycles. The van der Waals surface area contributed by atoms with Crippen molar-refractivity contribution in [2.75, 3.05) is 13.7 Å². The highest BCUT2D eigenvalue weighted by molar-refractivity contribution is 7.89. The van der Waals surface area contributed by atoms with Crippen molar-refractivity contribution in [2.45, 2.75) is 18.4 Å². The molecule has 0 fully saturated rings. The van der Waals surface area contributed by atoms with Crippen molar-refractivity contribution in [1.82, 2.24) is 14.3 Å².